The number of carbonyl (C=O) groups is 1. The van der Waals surface area contributed by atoms with Crippen molar-refractivity contribution in [2.24, 2.45) is 0 Å². The Labute approximate surface area is 153 Å². The van der Waals surface area contributed by atoms with Crippen molar-refractivity contribution in [3.8, 4) is 11.3 Å². The van der Waals surface area contributed by atoms with Crippen molar-refractivity contribution in [3.63, 3.8) is 0 Å². The standard InChI is InChI=1S/C19H27N5O2/c25-19(18-15-2-1-3-16(15)22-13-23-18)17(24-8-6-20-7-9-24)12-21-14-4-10-26-11-5-14/h1-3,13-14,17,20-21H,4-12H2,(H,22,23). The highest BCUT2D eigenvalue weighted by atomic mass is 16.5. The second-order valence-corrected chi connectivity index (χ2v) is 7.07. The molecule has 0 spiro atoms. The van der Waals surface area contributed by atoms with Gasteiger partial charge in [0.25, 0.3) is 0 Å². The third kappa shape index (κ3) is 3.81. The number of nitrogens with one attached hydrogen (secondary N) is 3. The lowest BCUT2D eigenvalue weighted by Gasteiger charge is -2.35. The Morgan fingerprint density at radius 2 is 2.12 bits per heavy atom. The van der Waals surface area contributed by atoms with Crippen molar-refractivity contribution in [3.05, 3.63) is 30.2 Å². The van der Waals surface area contributed by atoms with Crippen molar-refractivity contribution in [1.82, 2.24) is 25.5 Å². The minimum absolute atomic E-state index is 0.108. The molecule has 2 saturated heterocycles. The lowest BCUT2D eigenvalue weighted by atomic mass is 10.0. The van der Waals surface area contributed by atoms with Gasteiger partial charge in [-0.25, -0.2) is 4.98 Å². The predicted molar refractivity (Wildman–Crippen MR) is 99.6 cm³/mol. The van der Waals surface area contributed by atoms with Crippen LogP contribution in [0, 0.1) is 0 Å². The molecule has 0 aromatic heterocycles. The van der Waals surface area contributed by atoms with E-state index in [1.807, 2.05) is 18.2 Å². The molecule has 7 heteroatoms. The second-order valence-electron chi connectivity index (χ2n) is 7.07. The van der Waals surface area contributed by atoms with E-state index in [-0.39, 0.29) is 11.8 Å². The average Bonchev–Trinajstić information content (AvgIpc) is 3.18. The summed E-state index contributed by atoms with van der Waals surface area (Å²) in [7, 11) is 0. The molecule has 3 aliphatic heterocycles. The van der Waals surface area contributed by atoms with Gasteiger partial charge in [0.1, 0.15) is 5.69 Å². The number of hydrogen-bond acceptors (Lipinski definition) is 6. The predicted octanol–water partition coefficient (Wildman–Crippen LogP) is 0.740. The number of hydrogen-bond donors (Lipinski definition) is 3. The van der Waals surface area contributed by atoms with Crippen LogP contribution in [-0.2, 0) is 4.74 Å². The molecule has 4 rings (SSSR count). The highest BCUT2D eigenvalue weighted by Crippen LogP contribution is 2.24. The van der Waals surface area contributed by atoms with Gasteiger partial charge in [0.2, 0.25) is 0 Å². The van der Waals surface area contributed by atoms with E-state index in [4.69, 9.17) is 4.74 Å². The van der Waals surface area contributed by atoms with E-state index in [9.17, 15) is 4.79 Å². The van der Waals surface area contributed by atoms with Crippen LogP contribution in [0.5, 0.6) is 0 Å². The van der Waals surface area contributed by atoms with Crippen molar-refractivity contribution in [2.45, 2.75) is 24.9 Å². The first kappa shape index (κ1) is 17.6. The Morgan fingerprint density at radius 3 is 2.92 bits per heavy atom. The smallest absolute Gasteiger partial charge is 0.200 e. The molecule has 1 unspecified atom stereocenters. The fourth-order valence-corrected chi connectivity index (χ4v) is 3.90. The molecule has 1 aliphatic carbocycles. The Hall–Kier alpha value is -1.80. The monoisotopic (exact) mass is 357 g/mol. The van der Waals surface area contributed by atoms with Gasteiger partial charge in [0.15, 0.2) is 5.78 Å². The summed E-state index contributed by atoms with van der Waals surface area (Å²) in [5.74, 6) is 0.108. The fraction of sp³-hybridized carbons (Fsp3) is 0.579. The molecular formula is C19H27N5O2. The molecule has 0 aromatic carbocycles. The summed E-state index contributed by atoms with van der Waals surface area (Å²) in [5.41, 5.74) is 2.43. The van der Waals surface area contributed by atoms with E-state index in [1.165, 1.54) is 0 Å². The largest absolute Gasteiger partial charge is 0.381 e. The molecule has 140 valence electrons. The topological polar surface area (TPSA) is 82.3 Å². The van der Waals surface area contributed by atoms with E-state index in [0.717, 1.165) is 63.5 Å². The second kappa shape index (κ2) is 8.26. The van der Waals surface area contributed by atoms with Crippen LogP contribution in [0.4, 0.5) is 0 Å². The van der Waals surface area contributed by atoms with Gasteiger partial charge in [-0.05, 0) is 18.9 Å². The number of Topliss-reactive ketones (excluding diaryl/α,β-unsaturated/α-hetero) is 1. The molecule has 1 atom stereocenters. The number of fused-ring (bicyclic) bond motifs is 1. The third-order valence-electron chi connectivity index (χ3n) is 5.43. The lowest BCUT2D eigenvalue weighted by Crippen LogP contribution is -2.56. The Kier molecular flexibility index (Phi) is 5.59. The van der Waals surface area contributed by atoms with Crippen molar-refractivity contribution in [1.29, 1.82) is 0 Å². The summed E-state index contributed by atoms with van der Waals surface area (Å²) < 4.78 is 5.44. The van der Waals surface area contributed by atoms with Crippen LogP contribution < -0.4 is 10.6 Å². The first-order chi connectivity index (χ1) is 12.8. The van der Waals surface area contributed by atoms with Gasteiger partial charge in [-0.15, -0.1) is 0 Å². The van der Waals surface area contributed by atoms with E-state index in [1.54, 1.807) is 6.33 Å². The summed E-state index contributed by atoms with van der Waals surface area (Å²) in [6, 6.07) is 6.14. The van der Waals surface area contributed by atoms with Gasteiger partial charge in [-0.1, -0.05) is 12.1 Å². The highest BCUT2D eigenvalue weighted by molar-refractivity contribution is 6.03. The number of nitrogens with zero attached hydrogens (tertiary/aromatic N) is 2. The van der Waals surface area contributed by atoms with Crippen LogP contribution in [-0.4, -0.2) is 78.7 Å². The lowest BCUT2D eigenvalue weighted by molar-refractivity contribution is 0.0682. The number of rotatable bonds is 6. The minimum atomic E-state index is -0.187. The van der Waals surface area contributed by atoms with Gasteiger partial charge in [0.05, 0.1) is 12.4 Å². The first-order valence-electron chi connectivity index (χ1n) is 9.55. The number of piperazine rings is 1. The maximum atomic E-state index is 13.4. The highest BCUT2D eigenvalue weighted by Gasteiger charge is 2.31. The molecule has 0 amide bonds. The van der Waals surface area contributed by atoms with Crippen molar-refractivity contribution in [2.75, 3.05) is 45.9 Å². The fourth-order valence-electron chi connectivity index (χ4n) is 3.90. The van der Waals surface area contributed by atoms with Crippen LogP contribution in [0.25, 0.3) is 11.3 Å². The summed E-state index contributed by atoms with van der Waals surface area (Å²) in [5, 5.41) is 6.98. The van der Waals surface area contributed by atoms with Gasteiger partial charge < -0.3 is 20.4 Å². The molecule has 26 heavy (non-hydrogen) atoms. The molecule has 7 nitrogen and oxygen atoms in total. The minimum Gasteiger partial charge on any atom is -0.381 e. The normalized spacial score (nSPS) is 21.1. The van der Waals surface area contributed by atoms with E-state index in [0.29, 0.717) is 18.3 Å². The van der Waals surface area contributed by atoms with Crippen molar-refractivity contribution >= 4 is 5.78 Å². The maximum Gasteiger partial charge on any atom is 0.200 e. The Morgan fingerprint density at radius 1 is 1.31 bits per heavy atom. The number of aromatic amines is 1. The molecule has 0 bridgehead atoms. The SMILES string of the molecule is O=C(c1nc[nH]c2cccc1-2)C(CNC1CCOCC1)N1CCNCC1. The third-order valence-corrected chi connectivity index (χ3v) is 5.43. The van der Waals surface area contributed by atoms with E-state index < -0.39 is 0 Å². The van der Waals surface area contributed by atoms with Crippen LogP contribution in [0.2, 0.25) is 0 Å². The van der Waals surface area contributed by atoms with Gasteiger partial charge in [-0.3, -0.25) is 9.69 Å². The molecule has 2 fully saturated rings. The van der Waals surface area contributed by atoms with Gasteiger partial charge >= 0.3 is 0 Å². The van der Waals surface area contributed by atoms with Crippen LogP contribution >= 0.6 is 0 Å². The molecular weight excluding hydrogens is 330 g/mol. The van der Waals surface area contributed by atoms with Gasteiger partial charge in [0, 0.05) is 63.2 Å². The summed E-state index contributed by atoms with van der Waals surface area (Å²) in [4.78, 5) is 23.2. The van der Waals surface area contributed by atoms with E-state index >= 15 is 0 Å². The number of carbonyl (C=O) groups excluding carboxylic acids is 1. The molecule has 3 N–H and O–H groups in total. The maximum absolute atomic E-state index is 13.4. The number of ketones is 1. The van der Waals surface area contributed by atoms with Crippen LogP contribution in [0.1, 0.15) is 23.3 Å². The average molecular weight is 357 g/mol. The van der Waals surface area contributed by atoms with Crippen LogP contribution in [0.3, 0.4) is 0 Å². The van der Waals surface area contributed by atoms with E-state index in [2.05, 4.69) is 25.5 Å². The molecule has 0 radical (unpaired) electrons. The number of aromatic nitrogens is 2. The zero-order chi connectivity index (χ0) is 17.8. The Bertz CT molecular complexity index is 691. The number of ether oxygens (including phenoxy) is 1. The molecule has 0 saturated carbocycles. The molecule has 3 heterocycles. The molecule has 0 aromatic rings. The first-order valence-corrected chi connectivity index (χ1v) is 9.55. The molecule has 4 aliphatic rings. The van der Waals surface area contributed by atoms with Crippen LogP contribution in [0.15, 0.2) is 24.5 Å². The van der Waals surface area contributed by atoms with Crippen molar-refractivity contribution < 1.29 is 9.53 Å². The Balaban J connectivity index is 1.53. The number of H-pyrrole nitrogens is 1. The quantitative estimate of drug-likeness (QED) is 0.662. The zero-order valence-electron chi connectivity index (χ0n) is 15.0. The van der Waals surface area contributed by atoms with Gasteiger partial charge in [-0.2, -0.15) is 0 Å². The summed E-state index contributed by atoms with van der Waals surface area (Å²) in [6.07, 6.45) is 3.64. The zero-order valence-corrected chi connectivity index (χ0v) is 15.0. The summed E-state index contributed by atoms with van der Waals surface area (Å²) in [6.45, 7) is 5.86. The summed E-state index contributed by atoms with van der Waals surface area (Å²) >= 11 is 0.